The largest absolute Gasteiger partial charge is 0.490 e. The first-order valence-corrected chi connectivity index (χ1v) is 14.2. The van der Waals surface area contributed by atoms with Gasteiger partial charge in [-0.2, -0.15) is 0 Å². The molecular weight excluding hydrogens is 492 g/mol. The smallest absolute Gasteiger partial charge is 0.125 e. The molecule has 0 aromatic heterocycles. The van der Waals surface area contributed by atoms with Gasteiger partial charge in [0.1, 0.15) is 30.8 Å². The first kappa shape index (κ1) is 29.4. The summed E-state index contributed by atoms with van der Waals surface area (Å²) >= 11 is 0. The number of aryl methyl sites for hydroxylation is 8. The molecule has 0 amide bonds. The molecule has 0 atom stereocenters. The third-order valence-corrected chi connectivity index (χ3v) is 8.28. The van der Waals surface area contributed by atoms with E-state index in [0.29, 0.717) is 0 Å². The number of aliphatic hydroxyl groups excluding tert-OH is 1. The molecule has 0 aliphatic heterocycles. The van der Waals surface area contributed by atoms with Gasteiger partial charge in [-0.3, -0.25) is 0 Å². The molecule has 40 heavy (non-hydrogen) atoms. The Kier molecular flexibility index (Phi) is 8.75. The van der Waals surface area contributed by atoms with Gasteiger partial charge < -0.3 is 14.6 Å². The van der Waals surface area contributed by atoms with Crippen LogP contribution in [0.4, 0.5) is 0 Å². The molecule has 4 rings (SSSR count). The fourth-order valence-electron chi connectivity index (χ4n) is 5.50. The Morgan fingerprint density at radius 3 is 0.900 bits per heavy atom. The van der Waals surface area contributed by atoms with Gasteiger partial charge in [-0.25, -0.2) is 0 Å². The van der Waals surface area contributed by atoms with Gasteiger partial charge >= 0.3 is 0 Å². The minimum absolute atomic E-state index is 0.169. The van der Waals surface area contributed by atoms with E-state index < -0.39 is 6.10 Å². The van der Waals surface area contributed by atoms with Gasteiger partial charge in [0.15, 0.2) is 0 Å². The maximum atomic E-state index is 10.7. The molecular formula is C37H44O3. The molecule has 1 N–H and O–H groups in total. The van der Waals surface area contributed by atoms with Crippen LogP contribution in [0.5, 0.6) is 11.5 Å². The summed E-state index contributed by atoms with van der Waals surface area (Å²) in [4.78, 5) is 0. The Labute approximate surface area is 240 Å². The van der Waals surface area contributed by atoms with Crippen molar-refractivity contribution in [2.24, 2.45) is 0 Å². The van der Waals surface area contributed by atoms with Gasteiger partial charge in [0.2, 0.25) is 0 Å². The lowest BCUT2D eigenvalue weighted by molar-refractivity contribution is 0.0617. The minimum atomic E-state index is -0.748. The van der Waals surface area contributed by atoms with Crippen LogP contribution >= 0.6 is 0 Å². The van der Waals surface area contributed by atoms with Crippen molar-refractivity contribution in [3.05, 3.63) is 104 Å². The predicted octanol–water partition coefficient (Wildman–Crippen LogP) is 8.92. The molecule has 210 valence electrons. The lowest BCUT2D eigenvalue weighted by Crippen LogP contribution is -2.25. The highest BCUT2D eigenvalue weighted by Crippen LogP contribution is 2.34. The summed E-state index contributed by atoms with van der Waals surface area (Å²) in [5.74, 6) is 1.65. The van der Waals surface area contributed by atoms with E-state index in [1.54, 1.807) is 0 Å². The Morgan fingerprint density at radius 1 is 0.425 bits per heavy atom. The van der Waals surface area contributed by atoms with Gasteiger partial charge in [-0.1, -0.05) is 24.3 Å². The number of hydrogen-bond donors (Lipinski definition) is 1. The molecule has 0 aliphatic rings. The fraction of sp³-hybridized carbons (Fsp3) is 0.351. The van der Waals surface area contributed by atoms with E-state index in [-0.39, 0.29) is 13.2 Å². The van der Waals surface area contributed by atoms with Gasteiger partial charge in [-0.05, 0) is 171 Å². The molecule has 3 heteroatoms. The molecule has 0 aliphatic carbocycles. The SMILES string of the molecule is Cc1cc(-c2cc(C)c(OCC(O)COc3c(C)cc(-c4cc(C)c(C)c(C)c4)cc3C)c(C)c2)cc(C)c1C. The highest BCUT2D eigenvalue weighted by molar-refractivity contribution is 5.70. The quantitative estimate of drug-likeness (QED) is 0.244. The Morgan fingerprint density at radius 2 is 0.650 bits per heavy atom. The molecule has 4 aromatic carbocycles. The van der Waals surface area contributed by atoms with Gasteiger partial charge in [0, 0.05) is 0 Å². The predicted molar refractivity (Wildman–Crippen MR) is 168 cm³/mol. The second-order valence-electron chi connectivity index (χ2n) is 11.6. The number of ether oxygens (including phenoxy) is 2. The van der Waals surface area contributed by atoms with Crippen LogP contribution in [0.1, 0.15) is 55.6 Å². The second-order valence-corrected chi connectivity index (χ2v) is 11.6. The van der Waals surface area contributed by atoms with E-state index in [0.717, 1.165) is 33.8 Å². The topological polar surface area (TPSA) is 38.7 Å². The van der Waals surface area contributed by atoms with Crippen molar-refractivity contribution in [3.8, 4) is 33.8 Å². The van der Waals surface area contributed by atoms with Crippen molar-refractivity contribution in [2.75, 3.05) is 13.2 Å². The number of benzene rings is 4. The Balaban J connectivity index is 1.42. The summed E-state index contributed by atoms with van der Waals surface area (Å²) in [5.41, 5.74) is 16.9. The van der Waals surface area contributed by atoms with Gasteiger partial charge in [-0.15, -0.1) is 0 Å². The molecule has 0 saturated carbocycles. The molecule has 0 saturated heterocycles. The number of aliphatic hydroxyl groups is 1. The van der Waals surface area contributed by atoms with Gasteiger partial charge in [0.05, 0.1) is 0 Å². The van der Waals surface area contributed by atoms with Crippen LogP contribution < -0.4 is 9.47 Å². The molecule has 3 nitrogen and oxygen atoms in total. The molecule has 4 aromatic rings. The van der Waals surface area contributed by atoms with E-state index in [4.69, 9.17) is 9.47 Å². The first-order valence-electron chi connectivity index (χ1n) is 14.2. The van der Waals surface area contributed by atoms with Crippen molar-refractivity contribution in [1.29, 1.82) is 0 Å². The highest BCUT2D eigenvalue weighted by Gasteiger charge is 2.15. The molecule has 0 radical (unpaired) electrons. The molecule has 0 unspecified atom stereocenters. The monoisotopic (exact) mass is 536 g/mol. The van der Waals surface area contributed by atoms with Crippen LogP contribution in [0.2, 0.25) is 0 Å². The third kappa shape index (κ3) is 6.26. The lowest BCUT2D eigenvalue weighted by Gasteiger charge is -2.19. The van der Waals surface area contributed by atoms with E-state index in [9.17, 15) is 5.11 Å². The normalized spacial score (nSPS) is 11.3. The maximum absolute atomic E-state index is 10.7. The van der Waals surface area contributed by atoms with Crippen LogP contribution in [0, 0.1) is 69.2 Å². The van der Waals surface area contributed by atoms with E-state index in [1.807, 2.05) is 0 Å². The summed E-state index contributed by atoms with van der Waals surface area (Å²) in [6.45, 7) is 21.6. The molecule has 0 heterocycles. The maximum Gasteiger partial charge on any atom is 0.125 e. The summed E-state index contributed by atoms with van der Waals surface area (Å²) in [6, 6.07) is 17.7. The average Bonchev–Trinajstić information content (AvgIpc) is 2.88. The lowest BCUT2D eigenvalue weighted by atomic mass is 9.94. The summed E-state index contributed by atoms with van der Waals surface area (Å²) in [6.07, 6.45) is -0.748. The Hall–Kier alpha value is -3.56. The van der Waals surface area contributed by atoms with Crippen molar-refractivity contribution < 1.29 is 14.6 Å². The van der Waals surface area contributed by atoms with E-state index in [2.05, 4.69) is 118 Å². The van der Waals surface area contributed by atoms with Crippen molar-refractivity contribution in [3.63, 3.8) is 0 Å². The zero-order valence-corrected chi connectivity index (χ0v) is 25.9. The number of rotatable bonds is 8. The van der Waals surface area contributed by atoms with Crippen LogP contribution in [0.15, 0.2) is 48.5 Å². The highest BCUT2D eigenvalue weighted by atomic mass is 16.5. The van der Waals surface area contributed by atoms with Crippen LogP contribution in [0.3, 0.4) is 0 Å². The molecule has 0 fully saturated rings. The fourth-order valence-corrected chi connectivity index (χ4v) is 5.50. The molecule has 0 bridgehead atoms. The number of hydrogen-bond acceptors (Lipinski definition) is 3. The van der Waals surface area contributed by atoms with Crippen LogP contribution in [-0.4, -0.2) is 24.4 Å². The summed E-state index contributed by atoms with van der Waals surface area (Å²) in [7, 11) is 0. The summed E-state index contributed by atoms with van der Waals surface area (Å²) < 4.78 is 12.2. The van der Waals surface area contributed by atoms with Crippen molar-refractivity contribution in [1.82, 2.24) is 0 Å². The van der Waals surface area contributed by atoms with Crippen molar-refractivity contribution >= 4 is 0 Å². The van der Waals surface area contributed by atoms with E-state index >= 15 is 0 Å². The van der Waals surface area contributed by atoms with Crippen LogP contribution in [-0.2, 0) is 0 Å². The minimum Gasteiger partial charge on any atom is -0.490 e. The first-order chi connectivity index (χ1) is 18.8. The Bertz CT molecular complexity index is 1350. The van der Waals surface area contributed by atoms with Crippen molar-refractivity contribution in [2.45, 2.75) is 75.3 Å². The van der Waals surface area contributed by atoms with Gasteiger partial charge in [0.25, 0.3) is 0 Å². The zero-order valence-electron chi connectivity index (χ0n) is 25.9. The zero-order chi connectivity index (χ0) is 29.3. The summed E-state index contributed by atoms with van der Waals surface area (Å²) in [5, 5.41) is 10.7. The second kappa shape index (κ2) is 11.9. The third-order valence-electron chi connectivity index (χ3n) is 8.28. The molecule has 0 spiro atoms. The standard InChI is InChI=1S/C37H44O3/c1-21-11-31(12-22(2)29(21)9)33-15-25(5)36(26(6)16-33)39-19-35(38)20-40-37-27(7)17-34(18-28(37)8)32-13-23(3)30(10)24(4)14-32/h11-18,35,38H,19-20H2,1-10H3. The van der Waals surface area contributed by atoms with E-state index in [1.165, 1.54) is 55.6 Å². The average molecular weight is 537 g/mol. The van der Waals surface area contributed by atoms with Crippen LogP contribution in [0.25, 0.3) is 22.3 Å².